The first kappa shape index (κ1) is 14.7. The van der Waals surface area contributed by atoms with Crippen molar-refractivity contribution >= 4 is 28.3 Å². The number of rotatable bonds is 4. The average molecular weight is 321 g/mol. The highest BCUT2D eigenvalue weighted by atomic mass is 32.1. The largest absolute Gasteiger partial charge is 0.464 e. The van der Waals surface area contributed by atoms with Crippen molar-refractivity contribution in [1.82, 2.24) is 9.97 Å². The molecule has 116 valence electrons. The molecule has 3 heterocycles. The molecule has 2 aromatic heterocycles. The topological polar surface area (TPSA) is 93.3 Å². The smallest absolute Gasteiger partial charge is 0.354 e. The van der Waals surface area contributed by atoms with E-state index < -0.39 is 5.97 Å². The van der Waals surface area contributed by atoms with Crippen LogP contribution in [0.15, 0.2) is 17.6 Å². The van der Waals surface area contributed by atoms with Crippen LogP contribution < -0.4 is 5.32 Å². The standard InChI is InChI=1S/C14H15N3O4S/c1-20-13(19)9-5-8(6-15-9)10-7-22-14(16-10)17-12(18)11-3-2-4-21-11/h5-7,11,15H,2-4H2,1H3,(H,16,17,18). The summed E-state index contributed by atoms with van der Waals surface area (Å²) in [4.78, 5) is 30.6. The van der Waals surface area contributed by atoms with Gasteiger partial charge in [0.2, 0.25) is 0 Å². The lowest BCUT2D eigenvalue weighted by molar-refractivity contribution is -0.124. The number of ether oxygens (including phenoxy) is 2. The van der Waals surface area contributed by atoms with Crippen LogP contribution in [0.3, 0.4) is 0 Å². The number of esters is 1. The predicted molar refractivity (Wildman–Crippen MR) is 80.8 cm³/mol. The number of H-pyrrole nitrogens is 1. The number of aromatic nitrogens is 2. The zero-order valence-corrected chi connectivity index (χ0v) is 12.7. The molecule has 1 atom stereocenters. The molecule has 0 bridgehead atoms. The number of methoxy groups -OCH3 is 1. The summed E-state index contributed by atoms with van der Waals surface area (Å²) < 4.78 is 9.97. The third-order valence-corrected chi connectivity index (χ3v) is 4.10. The van der Waals surface area contributed by atoms with E-state index in [4.69, 9.17) is 4.74 Å². The average Bonchev–Trinajstić information content (AvgIpc) is 3.25. The Kier molecular flexibility index (Phi) is 4.21. The third kappa shape index (κ3) is 3.02. The third-order valence-electron chi connectivity index (χ3n) is 3.34. The maximum Gasteiger partial charge on any atom is 0.354 e. The minimum Gasteiger partial charge on any atom is -0.464 e. The molecule has 1 aliphatic heterocycles. The van der Waals surface area contributed by atoms with Crippen molar-refractivity contribution in [3.8, 4) is 11.3 Å². The molecule has 1 amide bonds. The molecular formula is C14H15N3O4S. The van der Waals surface area contributed by atoms with E-state index in [1.165, 1.54) is 18.4 Å². The van der Waals surface area contributed by atoms with Crippen LogP contribution in [0, 0.1) is 0 Å². The monoisotopic (exact) mass is 321 g/mol. The quantitative estimate of drug-likeness (QED) is 0.841. The van der Waals surface area contributed by atoms with Crippen molar-refractivity contribution < 1.29 is 19.1 Å². The Balaban J connectivity index is 1.69. The lowest BCUT2D eigenvalue weighted by Gasteiger charge is -2.07. The summed E-state index contributed by atoms with van der Waals surface area (Å²) in [6.45, 7) is 0.626. The summed E-state index contributed by atoms with van der Waals surface area (Å²) in [6, 6.07) is 1.66. The van der Waals surface area contributed by atoms with Gasteiger partial charge in [-0.05, 0) is 18.9 Å². The number of amides is 1. The van der Waals surface area contributed by atoms with Crippen LogP contribution in [0.4, 0.5) is 5.13 Å². The summed E-state index contributed by atoms with van der Waals surface area (Å²) in [7, 11) is 1.32. The Labute approximate surface area is 130 Å². The number of aromatic amines is 1. The van der Waals surface area contributed by atoms with Crippen molar-refractivity contribution in [2.75, 3.05) is 19.0 Å². The van der Waals surface area contributed by atoms with Crippen LogP contribution in [0.25, 0.3) is 11.3 Å². The number of nitrogens with zero attached hydrogens (tertiary/aromatic N) is 1. The van der Waals surface area contributed by atoms with Crippen LogP contribution in [-0.2, 0) is 14.3 Å². The maximum atomic E-state index is 12.0. The highest BCUT2D eigenvalue weighted by Gasteiger charge is 2.24. The zero-order chi connectivity index (χ0) is 15.5. The number of carbonyl (C=O) groups is 2. The molecule has 3 rings (SSSR count). The lowest BCUT2D eigenvalue weighted by Crippen LogP contribution is -2.26. The second-order valence-corrected chi connectivity index (χ2v) is 5.68. The van der Waals surface area contributed by atoms with E-state index in [2.05, 4.69) is 20.0 Å². The maximum absolute atomic E-state index is 12.0. The fraction of sp³-hybridized carbons (Fsp3) is 0.357. The van der Waals surface area contributed by atoms with E-state index in [-0.39, 0.29) is 12.0 Å². The van der Waals surface area contributed by atoms with Crippen molar-refractivity contribution in [2.24, 2.45) is 0 Å². The Morgan fingerprint density at radius 3 is 3.14 bits per heavy atom. The summed E-state index contributed by atoms with van der Waals surface area (Å²) in [5.41, 5.74) is 1.80. The van der Waals surface area contributed by atoms with Crippen LogP contribution in [-0.4, -0.2) is 41.7 Å². The molecule has 1 unspecified atom stereocenters. The summed E-state index contributed by atoms with van der Waals surface area (Å²) in [5.74, 6) is -0.601. The minimum absolute atomic E-state index is 0.164. The SMILES string of the molecule is COC(=O)c1cc(-c2csc(NC(=O)C3CCCO3)n2)c[nH]1. The van der Waals surface area contributed by atoms with Crippen LogP contribution in [0.1, 0.15) is 23.3 Å². The Morgan fingerprint density at radius 2 is 2.41 bits per heavy atom. The molecule has 22 heavy (non-hydrogen) atoms. The summed E-state index contributed by atoms with van der Waals surface area (Å²) >= 11 is 1.33. The van der Waals surface area contributed by atoms with Gasteiger partial charge in [0, 0.05) is 23.7 Å². The normalized spacial score (nSPS) is 17.4. The van der Waals surface area contributed by atoms with E-state index in [1.807, 2.05) is 5.38 Å². The van der Waals surface area contributed by atoms with Gasteiger partial charge in [-0.25, -0.2) is 9.78 Å². The van der Waals surface area contributed by atoms with Gasteiger partial charge in [-0.15, -0.1) is 11.3 Å². The summed E-state index contributed by atoms with van der Waals surface area (Å²) in [5, 5.41) is 5.08. The van der Waals surface area contributed by atoms with E-state index >= 15 is 0 Å². The number of anilines is 1. The van der Waals surface area contributed by atoms with Crippen LogP contribution >= 0.6 is 11.3 Å². The first-order valence-corrected chi connectivity index (χ1v) is 7.70. The molecule has 0 saturated carbocycles. The molecule has 7 nitrogen and oxygen atoms in total. The molecule has 0 radical (unpaired) electrons. The lowest BCUT2D eigenvalue weighted by atomic mass is 10.2. The van der Waals surface area contributed by atoms with Gasteiger partial charge < -0.3 is 14.5 Å². The molecular weight excluding hydrogens is 306 g/mol. The predicted octanol–water partition coefficient (Wildman–Crippen LogP) is 2.04. The Hall–Kier alpha value is -2.19. The molecule has 1 aliphatic rings. The fourth-order valence-corrected chi connectivity index (χ4v) is 2.93. The van der Waals surface area contributed by atoms with Gasteiger partial charge in [0.05, 0.1) is 12.8 Å². The van der Waals surface area contributed by atoms with E-state index in [0.29, 0.717) is 23.1 Å². The summed E-state index contributed by atoms with van der Waals surface area (Å²) in [6.07, 6.45) is 2.93. The van der Waals surface area contributed by atoms with Crippen LogP contribution in [0.2, 0.25) is 0 Å². The fourth-order valence-electron chi connectivity index (χ4n) is 2.20. The van der Waals surface area contributed by atoms with Crippen molar-refractivity contribution in [3.63, 3.8) is 0 Å². The van der Waals surface area contributed by atoms with E-state index in [0.717, 1.165) is 18.4 Å². The van der Waals surface area contributed by atoms with E-state index in [9.17, 15) is 9.59 Å². The first-order valence-electron chi connectivity index (χ1n) is 6.82. The number of thiazole rings is 1. The highest BCUT2D eigenvalue weighted by molar-refractivity contribution is 7.14. The van der Waals surface area contributed by atoms with Gasteiger partial charge in [-0.1, -0.05) is 0 Å². The Morgan fingerprint density at radius 1 is 1.55 bits per heavy atom. The molecule has 1 fully saturated rings. The van der Waals surface area contributed by atoms with E-state index in [1.54, 1.807) is 12.3 Å². The van der Waals surface area contributed by atoms with Crippen molar-refractivity contribution in [3.05, 3.63) is 23.3 Å². The molecule has 0 aromatic carbocycles. The van der Waals surface area contributed by atoms with Crippen LogP contribution in [0.5, 0.6) is 0 Å². The highest BCUT2D eigenvalue weighted by Crippen LogP contribution is 2.26. The molecule has 2 aromatic rings. The molecule has 2 N–H and O–H groups in total. The second kappa shape index (κ2) is 6.29. The molecule has 8 heteroatoms. The van der Waals surface area contributed by atoms with Gasteiger partial charge in [0.1, 0.15) is 11.8 Å². The Bertz CT molecular complexity index is 688. The first-order chi connectivity index (χ1) is 10.7. The van der Waals surface area contributed by atoms with Gasteiger partial charge >= 0.3 is 5.97 Å². The molecule has 1 saturated heterocycles. The molecule has 0 aliphatic carbocycles. The van der Waals surface area contributed by atoms with Gasteiger partial charge in [-0.3, -0.25) is 10.1 Å². The van der Waals surface area contributed by atoms with Gasteiger partial charge in [0.15, 0.2) is 5.13 Å². The van der Waals surface area contributed by atoms with Crippen molar-refractivity contribution in [2.45, 2.75) is 18.9 Å². The zero-order valence-electron chi connectivity index (χ0n) is 11.9. The number of nitrogens with one attached hydrogen (secondary N) is 2. The number of hydrogen-bond acceptors (Lipinski definition) is 6. The number of carbonyl (C=O) groups excluding carboxylic acids is 2. The second-order valence-electron chi connectivity index (χ2n) is 4.82. The van der Waals surface area contributed by atoms with Gasteiger partial charge in [0.25, 0.3) is 5.91 Å². The molecule has 0 spiro atoms. The van der Waals surface area contributed by atoms with Gasteiger partial charge in [-0.2, -0.15) is 0 Å². The number of hydrogen-bond donors (Lipinski definition) is 2. The van der Waals surface area contributed by atoms with Crippen molar-refractivity contribution in [1.29, 1.82) is 0 Å². The minimum atomic E-state index is -0.437.